The van der Waals surface area contributed by atoms with Crippen LogP contribution in [-0.4, -0.2) is 37.2 Å². The van der Waals surface area contributed by atoms with Crippen LogP contribution in [0.25, 0.3) is 0 Å². The number of carbonyl (C=O) groups is 3. The van der Waals surface area contributed by atoms with Gasteiger partial charge in [0.1, 0.15) is 13.2 Å². The van der Waals surface area contributed by atoms with Crippen LogP contribution in [0.5, 0.6) is 0 Å². The predicted octanol–water partition coefficient (Wildman–Crippen LogP) is 19.9. The summed E-state index contributed by atoms with van der Waals surface area (Å²) in [5.41, 5.74) is 0. The van der Waals surface area contributed by atoms with Crippen LogP contribution in [0.2, 0.25) is 0 Å². The van der Waals surface area contributed by atoms with Gasteiger partial charge in [-0.05, 0) is 70.6 Å². The molecule has 0 fully saturated rings. The van der Waals surface area contributed by atoms with E-state index in [1.165, 1.54) is 225 Å². The van der Waals surface area contributed by atoms with Gasteiger partial charge in [0, 0.05) is 19.3 Å². The van der Waals surface area contributed by atoms with E-state index in [4.69, 9.17) is 14.2 Å². The second kappa shape index (κ2) is 56.5. The standard InChI is InChI=1S/C61H114O6/c1-4-7-10-13-16-18-20-22-23-24-25-26-27-28-29-30-31-32-33-34-35-36-37-38-39-40-42-43-45-48-51-54-60(63)66-57-58(56-65-59(62)53-50-47-15-12-9-6-3)67-61(64)55-52-49-46-44-41-21-19-17-14-11-8-5-2/h17,19,24-25,58H,4-16,18,20-23,26-57H2,1-3H3/b19-17-,25-24-. The fourth-order valence-corrected chi connectivity index (χ4v) is 8.91. The maximum Gasteiger partial charge on any atom is 0.306 e. The molecular weight excluding hydrogens is 829 g/mol. The number of unbranched alkanes of at least 4 members (excludes halogenated alkanes) is 40. The Morgan fingerprint density at radius 2 is 0.493 bits per heavy atom. The van der Waals surface area contributed by atoms with Crippen LogP contribution in [-0.2, 0) is 28.6 Å². The predicted molar refractivity (Wildman–Crippen MR) is 289 cm³/mol. The van der Waals surface area contributed by atoms with E-state index < -0.39 is 6.10 Å². The van der Waals surface area contributed by atoms with Crippen LogP contribution < -0.4 is 0 Å². The summed E-state index contributed by atoms with van der Waals surface area (Å²) in [6.45, 7) is 6.58. The first-order valence-electron chi connectivity index (χ1n) is 29.8. The fraction of sp³-hybridized carbons (Fsp3) is 0.885. The molecule has 0 bridgehead atoms. The zero-order chi connectivity index (χ0) is 48.6. The SMILES string of the molecule is CCCCC/C=C\CCCCCCCC(=O)OC(COC(=O)CCCCCCCC)COC(=O)CCCCCCCCCCCCCCCCCCCCC/C=C\CCCCCCCCCC. The molecule has 6 heteroatoms. The van der Waals surface area contributed by atoms with Crippen molar-refractivity contribution in [1.29, 1.82) is 0 Å². The highest BCUT2D eigenvalue weighted by Crippen LogP contribution is 2.17. The Morgan fingerprint density at radius 1 is 0.284 bits per heavy atom. The van der Waals surface area contributed by atoms with Gasteiger partial charge in [-0.25, -0.2) is 0 Å². The lowest BCUT2D eigenvalue weighted by atomic mass is 10.0. The van der Waals surface area contributed by atoms with Gasteiger partial charge >= 0.3 is 17.9 Å². The van der Waals surface area contributed by atoms with Gasteiger partial charge in [0.15, 0.2) is 6.10 Å². The summed E-state index contributed by atoms with van der Waals surface area (Å²) in [4.78, 5) is 37.8. The molecule has 0 spiro atoms. The second-order valence-electron chi connectivity index (χ2n) is 20.3. The maximum atomic E-state index is 12.7. The van der Waals surface area contributed by atoms with Gasteiger partial charge in [0.05, 0.1) is 0 Å². The lowest BCUT2D eigenvalue weighted by Gasteiger charge is -2.18. The van der Waals surface area contributed by atoms with Crippen molar-refractivity contribution >= 4 is 17.9 Å². The molecule has 6 nitrogen and oxygen atoms in total. The van der Waals surface area contributed by atoms with Crippen molar-refractivity contribution in [1.82, 2.24) is 0 Å². The minimum atomic E-state index is -0.768. The minimum absolute atomic E-state index is 0.0705. The molecule has 0 aliphatic carbocycles. The Kier molecular flexibility index (Phi) is 54.7. The average molecular weight is 944 g/mol. The molecule has 0 aliphatic rings. The Balaban J connectivity index is 3.90. The van der Waals surface area contributed by atoms with E-state index in [0.717, 1.165) is 64.2 Å². The number of allylic oxidation sites excluding steroid dienone is 4. The first-order chi connectivity index (χ1) is 33.0. The van der Waals surface area contributed by atoms with Gasteiger partial charge < -0.3 is 14.2 Å². The van der Waals surface area contributed by atoms with Crippen LogP contribution in [0, 0.1) is 0 Å². The monoisotopic (exact) mass is 943 g/mol. The summed E-state index contributed by atoms with van der Waals surface area (Å²) in [7, 11) is 0. The molecule has 0 saturated carbocycles. The van der Waals surface area contributed by atoms with Gasteiger partial charge in [-0.15, -0.1) is 0 Å². The van der Waals surface area contributed by atoms with E-state index in [0.29, 0.717) is 19.3 Å². The highest BCUT2D eigenvalue weighted by atomic mass is 16.6. The summed E-state index contributed by atoms with van der Waals surface area (Å²) in [5, 5.41) is 0. The summed E-state index contributed by atoms with van der Waals surface area (Å²) in [6, 6.07) is 0. The Hall–Kier alpha value is -2.11. The lowest BCUT2D eigenvalue weighted by molar-refractivity contribution is -0.167. The molecule has 0 heterocycles. The van der Waals surface area contributed by atoms with Crippen molar-refractivity contribution in [2.45, 2.75) is 335 Å². The van der Waals surface area contributed by atoms with Crippen molar-refractivity contribution in [3.8, 4) is 0 Å². The third kappa shape index (κ3) is 54.7. The molecule has 0 saturated heterocycles. The molecule has 0 N–H and O–H groups in total. The summed E-state index contributed by atoms with van der Waals surface area (Å²) < 4.78 is 16.7. The van der Waals surface area contributed by atoms with Crippen LogP contribution in [0.3, 0.4) is 0 Å². The van der Waals surface area contributed by atoms with Crippen molar-refractivity contribution < 1.29 is 28.6 Å². The molecule has 0 aromatic rings. The number of hydrogen-bond acceptors (Lipinski definition) is 6. The normalized spacial score (nSPS) is 12.1. The van der Waals surface area contributed by atoms with Gasteiger partial charge in [-0.1, -0.05) is 263 Å². The average Bonchev–Trinajstić information content (AvgIpc) is 3.33. The number of rotatable bonds is 55. The summed E-state index contributed by atoms with van der Waals surface area (Å²) in [6.07, 6.45) is 66.6. The van der Waals surface area contributed by atoms with E-state index >= 15 is 0 Å². The molecule has 394 valence electrons. The van der Waals surface area contributed by atoms with Crippen molar-refractivity contribution in [2.75, 3.05) is 13.2 Å². The molecule has 0 aromatic carbocycles. The zero-order valence-corrected chi connectivity index (χ0v) is 45.2. The van der Waals surface area contributed by atoms with Gasteiger partial charge in [0.25, 0.3) is 0 Å². The van der Waals surface area contributed by atoms with Gasteiger partial charge in [-0.3, -0.25) is 14.4 Å². The third-order valence-corrected chi connectivity index (χ3v) is 13.4. The fourth-order valence-electron chi connectivity index (χ4n) is 8.91. The van der Waals surface area contributed by atoms with Crippen LogP contribution >= 0.6 is 0 Å². The van der Waals surface area contributed by atoms with E-state index in [2.05, 4.69) is 45.1 Å². The zero-order valence-electron chi connectivity index (χ0n) is 45.2. The number of carbonyl (C=O) groups excluding carboxylic acids is 3. The molecule has 0 aliphatic heterocycles. The Bertz CT molecular complexity index is 1080. The first-order valence-corrected chi connectivity index (χ1v) is 29.8. The van der Waals surface area contributed by atoms with E-state index in [1.54, 1.807) is 0 Å². The van der Waals surface area contributed by atoms with Crippen LogP contribution in [0.15, 0.2) is 24.3 Å². The molecule has 0 aromatic heterocycles. The minimum Gasteiger partial charge on any atom is -0.462 e. The van der Waals surface area contributed by atoms with E-state index in [9.17, 15) is 14.4 Å². The molecule has 0 amide bonds. The van der Waals surface area contributed by atoms with Crippen molar-refractivity contribution in [3.05, 3.63) is 24.3 Å². The Labute approximate surface area is 417 Å². The Morgan fingerprint density at radius 3 is 0.776 bits per heavy atom. The number of esters is 3. The van der Waals surface area contributed by atoms with E-state index in [1.807, 2.05) is 0 Å². The quantitative estimate of drug-likeness (QED) is 0.0262. The molecule has 1 atom stereocenters. The number of ether oxygens (including phenoxy) is 3. The summed E-state index contributed by atoms with van der Waals surface area (Å²) >= 11 is 0. The van der Waals surface area contributed by atoms with Gasteiger partial charge in [0.2, 0.25) is 0 Å². The van der Waals surface area contributed by atoms with Crippen LogP contribution in [0.1, 0.15) is 329 Å². The lowest BCUT2D eigenvalue weighted by Crippen LogP contribution is -2.30. The molecular formula is C61H114O6. The second-order valence-corrected chi connectivity index (χ2v) is 20.3. The molecule has 67 heavy (non-hydrogen) atoms. The highest BCUT2D eigenvalue weighted by Gasteiger charge is 2.19. The first kappa shape index (κ1) is 64.9. The van der Waals surface area contributed by atoms with Crippen molar-refractivity contribution in [3.63, 3.8) is 0 Å². The molecule has 0 radical (unpaired) electrons. The topological polar surface area (TPSA) is 78.9 Å². The maximum absolute atomic E-state index is 12.7. The summed E-state index contributed by atoms with van der Waals surface area (Å²) in [5.74, 6) is -0.875. The van der Waals surface area contributed by atoms with Gasteiger partial charge in [-0.2, -0.15) is 0 Å². The highest BCUT2D eigenvalue weighted by molar-refractivity contribution is 5.71. The van der Waals surface area contributed by atoms with Crippen LogP contribution in [0.4, 0.5) is 0 Å². The smallest absolute Gasteiger partial charge is 0.306 e. The molecule has 0 rings (SSSR count). The van der Waals surface area contributed by atoms with Crippen molar-refractivity contribution in [2.24, 2.45) is 0 Å². The molecule has 1 unspecified atom stereocenters. The van der Waals surface area contributed by atoms with E-state index in [-0.39, 0.29) is 31.1 Å². The third-order valence-electron chi connectivity index (χ3n) is 13.4. The largest absolute Gasteiger partial charge is 0.462 e. The number of hydrogen-bond donors (Lipinski definition) is 0.